The van der Waals surface area contributed by atoms with E-state index in [1.807, 2.05) is 36.2 Å². The Kier molecular flexibility index (Phi) is 7.04. The number of nitrogens with one attached hydrogen (secondary N) is 1. The van der Waals surface area contributed by atoms with Crippen molar-refractivity contribution in [3.8, 4) is 0 Å². The highest BCUT2D eigenvalue weighted by atomic mass is 16.5. The number of benzene rings is 1. The van der Waals surface area contributed by atoms with E-state index in [4.69, 9.17) is 10.5 Å². The number of rotatable bonds is 8. The van der Waals surface area contributed by atoms with Gasteiger partial charge in [0.25, 0.3) is 0 Å². The molecule has 1 amide bonds. The van der Waals surface area contributed by atoms with Gasteiger partial charge in [-0.25, -0.2) is 0 Å². The SMILES string of the molecule is COCCCNC(=O)CN(C)C(C)c1cccc(N)c1. The van der Waals surface area contributed by atoms with Crippen molar-refractivity contribution in [3.63, 3.8) is 0 Å². The van der Waals surface area contributed by atoms with Gasteiger partial charge in [-0.1, -0.05) is 12.1 Å². The summed E-state index contributed by atoms with van der Waals surface area (Å²) in [5, 5.41) is 2.88. The second-order valence-corrected chi connectivity index (χ2v) is 4.96. The maximum Gasteiger partial charge on any atom is 0.234 e. The van der Waals surface area contributed by atoms with Crippen LogP contribution in [0.3, 0.4) is 0 Å². The lowest BCUT2D eigenvalue weighted by molar-refractivity contribution is -0.122. The molecule has 0 saturated heterocycles. The van der Waals surface area contributed by atoms with E-state index in [0.717, 1.165) is 17.7 Å². The molecule has 112 valence electrons. The van der Waals surface area contributed by atoms with Crippen molar-refractivity contribution in [3.05, 3.63) is 29.8 Å². The number of carbonyl (C=O) groups is 1. The van der Waals surface area contributed by atoms with Crippen LogP contribution in [0.25, 0.3) is 0 Å². The zero-order chi connectivity index (χ0) is 15.0. The number of nitrogens with two attached hydrogens (primary N) is 1. The fourth-order valence-corrected chi connectivity index (χ4v) is 1.94. The van der Waals surface area contributed by atoms with Crippen LogP contribution in [0.5, 0.6) is 0 Å². The third kappa shape index (κ3) is 5.59. The summed E-state index contributed by atoms with van der Waals surface area (Å²) < 4.78 is 4.94. The third-order valence-electron chi connectivity index (χ3n) is 3.29. The molecule has 0 radical (unpaired) electrons. The second kappa shape index (κ2) is 8.55. The van der Waals surface area contributed by atoms with Crippen LogP contribution >= 0.6 is 0 Å². The van der Waals surface area contributed by atoms with Gasteiger partial charge < -0.3 is 15.8 Å². The molecule has 1 rings (SSSR count). The molecule has 5 heteroatoms. The van der Waals surface area contributed by atoms with Gasteiger partial charge in [0.15, 0.2) is 0 Å². The van der Waals surface area contributed by atoms with Crippen LogP contribution in [-0.2, 0) is 9.53 Å². The van der Waals surface area contributed by atoms with E-state index in [2.05, 4.69) is 12.2 Å². The Morgan fingerprint density at radius 3 is 2.90 bits per heavy atom. The first-order chi connectivity index (χ1) is 9.54. The average Bonchev–Trinajstić information content (AvgIpc) is 2.42. The Balaban J connectivity index is 2.41. The minimum Gasteiger partial charge on any atom is -0.399 e. The monoisotopic (exact) mass is 279 g/mol. The molecule has 1 aromatic carbocycles. The first kappa shape index (κ1) is 16.5. The van der Waals surface area contributed by atoms with Crippen molar-refractivity contribution in [1.82, 2.24) is 10.2 Å². The summed E-state index contributed by atoms with van der Waals surface area (Å²) >= 11 is 0. The molecule has 3 N–H and O–H groups in total. The molecule has 5 nitrogen and oxygen atoms in total. The van der Waals surface area contributed by atoms with Crippen molar-refractivity contribution in [2.45, 2.75) is 19.4 Å². The Bertz CT molecular complexity index is 423. The predicted octanol–water partition coefficient (Wildman–Crippen LogP) is 1.41. The number of methoxy groups -OCH3 is 1. The van der Waals surface area contributed by atoms with E-state index < -0.39 is 0 Å². The molecule has 1 aromatic rings. The molecular formula is C15H25N3O2. The number of carbonyl (C=O) groups excluding carboxylic acids is 1. The lowest BCUT2D eigenvalue weighted by Gasteiger charge is -2.24. The van der Waals surface area contributed by atoms with E-state index in [1.165, 1.54) is 0 Å². The molecule has 1 atom stereocenters. The van der Waals surface area contributed by atoms with Crippen molar-refractivity contribution < 1.29 is 9.53 Å². The normalized spacial score (nSPS) is 12.4. The zero-order valence-electron chi connectivity index (χ0n) is 12.6. The van der Waals surface area contributed by atoms with E-state index in [1.54, 1.807) is 7.11 Å². The Morgan fingerprint density at radius 2 is 2.25 bits per heavy atom. The van der Waals surface area contributed by atoms with E-state index in [9.17, 15) is 4.79 Å². The minimum absolute atomic E-state index is 0.0272. The first-order valence-electron chi connectivity index (χ1n) is 6.86. The molecule has 0 bridgehead atoms. The second-order valence-electron chi connectivity index (χ2n) is 4.96. The quantitative estimate of drug-likeness (QED) is 0.558. The lowest BCUT2D eigenvalue weighted by Crippen LogP contribution is -2.37. The topological polar surface area (TPSA) is 67.6 Å². The van der Waals surface area contributed by atoms with Crippen LogP contribution in [0.4, 0.5) is 5.69 Å². The van der Waals surface area contributed by atoms with Gasteiger partial charge in [0.2, 0.25) is 5.91 Å². The molecule has 0 aromatic heterocycles. The maximum atomic E-state index is 11.8. The summed E-state index contributed by atoms with van der Waals surface area (Å²) in [7, 11) is 3.59. The number of likely N-dealkylation sites (N-methyl/N-ethyl adjacent to an activating group) is 1. The summed E-state index contributed by atoms with van der Waals surface area (Å²) in [6, 6.07) is 7.90. The molecule has 0 spiro atoms. The van der Waals surface area contributed by atoms with Crippen molar-refractivity contribution in [2.75, 3.05) is 39.6 Å². The standard InChI is InChI=1S/C15H25N3O2/c1-12(13-6-4-7-14(16)10-13)18(2)11-15(19)17-8-5-9-20-3/h4,6-7,10,12H,5,8-9,11,16H2,1-3H3,(H,17,19). The molecule has 20 heavy (non-hydrogen) atoms. The lowest BCUT2D eigenvalue weighted by atomic mass is 10.1. The maximum absolute atomic E-state index is 11.8. The Labute approximate surface area is 121 Å². The smallest absolute Gasteiger partial charge is 0.234 e. The summed E-state index contributed by atoms with van der Waals surface area (Å²) in [4.78, 5) is 13.8. The Morgan fingerprint density at radius 1 is 1.50 bits per heavy atom. The minimum atomic E-state index is 0.0272. The largest absolute Gasteiger partial charge is 0.399 e. The molecule has 1 unspecified atom stereocenters. The molecular weight excluding hydrogens is 254 g/mol. The number of anilines is 1. The van der Waals surface area contributed by atoms with Crippen LogP contribution in [-0.4, -0.2) is 44.7 Å². The molecule has 0 aliphatic heterocycles. The van der Waals surface area contributed by atoms with Gasteiger partial charge in [0.05, 0.1) is 6.54 Å². The number of ether oxygens (including phenoxy) is 1. The molecule has 0 aliphatic rings. The third-order valence-corrected chi connectivity index (χ3v) is 3.29. The van der Waals surface area contributed by atoms with Crippen molar-refractivity contribution in [1.29, 1.82) is 0 Å². The van der Waals surface area contributed by atoms with Crippen LogP contribution in [0.15, 0.2) is 24.3 Å². The van der Waals surface area contributed by atoms with Crippen LogP contribution in [0.2, 0.25) is 0 Å². The summed E-state index contributed by atoms with van der Waals surface area (Å²) in [6.45, 7) is 3.74. The van der Waals surface area contributed by atoms with Gasteiger partial charge in [-0.3, -0.25) is 9.69 Å². The summed E-state index contributed by atoms with van der Waals surface area (Å²) in [5.41, 5.74) is 7.64. The highest BCUT2D eigenvalue weighted by Crippen LogP contribution is 2.20. The van der Waals surface area contributed by atoms with E-state index in [-0.39, 0.29) is 11.9 Å². The van der Waals surface area contributed by atoms with Crippen molar-refractivity contribution >= 4 is 11.6 Å². The van der Waals surface area contributed by atoms with Crippen molar-refractivity contribution in [2.24, 2.45) is 0 Å². The molecule has 0 fully saturated rings. The average molecular weight is 279 g/mol. The fraction of sp³-hybridized carbons (Fsp3) is 0.533. The number of nitrogen functional groups attached to an aromatic ring is 1. The number of hydrogen-bond donors (Lipinski definition) is 2. The van der Waals surface area contributed by atoms with Gasteiger partial charge in [-0.2, -0.15) is 0 Å². The molecule has 0 saturated carbocycles. The van der Waals surface area contributed by atoms with Gasteiger partial charge >= 0.3 is 0 Å². The molecule has 0 heterocycles. The van der Waals surface area contributed by atoms with Gasteiger partial charge in [0.1, 0.15) is 0 Å². The zero-order valence-corrected chi connectivity index (χ0v) is 12.6. The number of nitrogens with zero attached hydrogens (tertiary/aromatic N) is 1. The molecule has 0 aliphatic carbocycles. The highest BCUT2D eigenvalue weighted by Gasteiger charge is 2.14. The first-order valence-corrected chi connectivity index (χ1v) is 6.86. The fourth-order valence-electron chi connectivity index (χ4n) is 1.94. The number of hydrogen-bond acceptors (Lipinski definition) is 4. The van der Waals surface area contributed by atoms with Crippen LogP contribution in [0, 0.1) is 0 Å². The van der Waals surface area contributed by atoms with E-state index in [0.29, 0.717) is 19.7 Å². The predicted molar refractivity (Wildman–Crippen MR) is 81.4 cm³/mol. The van der Waals surface area contributed by atoms with Crippen LogP contribution in [0.1, 0.15) is 24.9 Å². The van der Waals surface area contributed by atoms with Gasteiger partial charge in [-0.05, 0) is 38.1 Å². The van der Waals surface area contributed by atoms with Crippen LogP contribution < -0.4 is 11.1 Å². The highest BCUT2D eigenvalue weighted by molar-refractivity contribution is 5.78. The summed E-state index contributed by atoms with van der Waals surface area (Å²) in [6.07, 6.45) is 0.830. The number of amides is 1. The van der Waals surface area contributed by atoms with Gasteiger partial charge in [-0.15, -0.1) is 0 Å². The summed E-state index contributed by atoms with van der Waals surface area (Å²) in [5.74, 6) is 0.0272. The van der Waals surface area contributed by atoms with Gasteiger partial charge in [0, 0.05) is 32.0 Å². The van der Waals surface area contributed by atoms with E-state index >= 15 is 0 Å². The Hall–Kier alpha value is -1.59.